The van der Waals surface area contributed by atoms with Crippen molar-refractivity contribution in [1.29, 1.82) is 0 Å². The first-order valence-corrected chi connectivity index (χ1v) is 4.59. The predicted molar refractivity (Wildman–Crippen MR) is 51.0 cm³/mol. The number of rotatable bonds is 3. The first kappa shape index (κ1) is 9.54. The van der Waals surface area contributed by atoms with Gasteiger partial charge in [0.25, 0.3) is 5.56 Å². The minimum atomic E-state index is -0.0674. The number of aromatic nitrogens is 2. The van der Waals surface area contributed by atoms with Crippen molar-refractivity contribution in [3.05, 3.63) is 20.5 Å². The number of nitrogens with two attached hydrogens (primary N) is 1. The molecule has 0 fully saturated rings. The van der Waals surface area contributed by atoms with Gasteiger partial charge in [-0.05, 0) is 34.8 Å². The Morgan fingerprint density at radius 3 is 2.67 bits per heavy atom. The number of H-pyrrole nitrogens is 2. The lowest BCUT2D eigenvalue weighted by molar-refractivity contribution is 0.590. The summed E-state index contributed by atoms with van der Waals surface area (Å²) in [7, 11) is 0. The summed E-state index contributed by atoms with van der Waals surface area (Å²) < 4.78 is 0.729. The molecule has 1 heterocycles. The molecule has 0 aliphatic heterocycles. The molecule has 0 aliphatic carbocycles. The SMILES string of the molecule is CC(CN)Cc1c(Br)[nH][nH]c1=O. The van der Waals surface area contributed by atoms with Crippen LogP contribution in [0.2, 0.25) is 0 Å². The predicted octanol–water partition coefficient (Wildman–Crippen LogP) is 0.603. The third-order valence-electron chi connectivity index (χ3n) is 1.78. The van der Waals surface area contributed by atoms with E-state index in [2.05, 4.69) is 26.1 Å². The molecule has 0 spiro atoms. The Labute approximate surface area is 78.7 Å². The van der Waals surface area contributed by atoms with E-state index in [4.69, 9.17) is 5.73 Å². The summed E-state index contributed by atoms with van der Waals surface area (Å²) in [6.07, 6.45) is 0.704. The second-order valence-electron chi connectivity index (χ2n) is 2.92. The average Bonchev–Trinajstić information content (AvgIpc) is 2.35. The van der Waals surface area contributed by atoms with Crippen LogP contribution in [-0.2, 0) is 6.42 Å². The van der Waals surface area contributed by atoms with Crippen LogP contribution in [0, 0.1) is 5.92 Å². The molecule has 4 N–H and O–H groups in total. The van der Waals surface area contributed by atoms with Crippen molar-refractivity contribution >= 4 is 15.9 Å². The van der Waals surface area contributed by atoms with Crippen molar-refractivity contribution in [2.24, 2.45) is 11.7 Å². The minimum Gasteiger partial charge on any atom is -0.330 e. The van der Waals surface area contributed by atoms with Crippen LogP contribution in [-0.4, -0.2) is 16.7 Å². The molecule has 1 aromatic rings. The molecule has 4 nitrogen and oxygen atoms in total. The van der Waals surface area contributed by atoms with E-state index in [1.165, 1.54) is 0 Å². The molecule has 0 saturated heterocycles. The van der Waals surface area contributed by atoms with Gasteiger partial charge in [-0.15, -0.1) is 0 Å². The van der Waals surface area contributed by atoms with Gasteiger partial charge in [0.05, 0.1) is 5.56 Å². The van der Waals surface area contributed by atoms with Gasteiger partial charge in [-0.25, -0.2) is 0 Å². The third-order valence-corrected chi connectivity index (χ3v) is 2.46. The molecule has 5 heteroatoms. The van der Waals surface area contributed by atoms with Crippen LogP contribution in [0.1, 0.15) is 12.5 Å². The topological polar surface area (TPSA) is 74.7 Å². The first-order chi connectivity index (χ1) is 5.65. The fourth-order valence-electron chi connectivity index (χ4n) is 0.976. The molecule has 0 aromatic carbocycles. The molecule has 1 atom stereocenters. The van der Waals surface area contributed by atoms with Crippen LogP contribution in [0.5, 0.6) is 0 Å². The Kier molecular flexibility index (Phi) is 3.11. The highest BCUT2D eigenvalue weighted by Gasteiger charge is 2.10. The molecule has 0 bridgehead atoms. The van der Waals surface area contributed by atoms with Crippen LogP contribution >= 0.6 is 15.9 Å². The van der Waals surface area contributed by atoms with Gasteiger partial charge in [0.15, 0.2) is 0 Å². The van der Waals surface area contributed by atoms with Gasteiger partial charge in [-0.3, -0.25) is 15.0 Å². The Bertz CT molecular complexity index is 304. The van der Waals surface area contributed by atoms with E-state index in [0.29, 0.717) is 18.9 Å². The molecule has 1 unspecified atom stereocenters. The summed E-state index contributed by atoms with van der Waals surface area (Å²) in [6.45, 7) is 2.61. The maximum absolute atomic E-state index is 11.1. The van der Waals surface area contributed by atoms with Crippen molar-refractivity contribution < 1.29 is 0 Å². The van der Waals surface area contributed by atoms with E-state index in [1.807, 2.05) is 6.92 Å². The largest absolute Gasteiger partial charge is 0.330 e. The molecule has 1 rings (SSSR count). The molecule has 0 aliphatic rings. The van der Waals surface area contributed by atoms with Gasteiger partial charge in [-0.1, -0.05) is 6.92 Å². The smallest absolute Gasteiger partial charge is 0.268 e. The second-order valence-corrected chi connectivity index (χ2v) is 3.71. The minimum absolute atomic E-state index is 0.0674. The van der Waals surface area contributed by atoms with E-state index in [0.717, 1.165) is 10.2 Å². The lowest BCUT2D eigenvalue weighted by atomic mass is 10.0. The Hall–Kier alpha value is -0.550. The monoisotopic (exact) mass is 233 g/mol. The molecular weight excluding hydrogens is 222 g/mol. The van der Waals surface area contributed by atoms with Crippen LogP contribution in [0.3, 0.4) is 0 Å². The zero-order valence-corrected chi connectivity index (χ0v) is 8.44. The van der Waals surface area contributed by atoms with Gasteiger partial charge >= 0.3 is 0 Å². The number of hydrogen-bond acceptors (Lipinski definition) is 2. The summed E-state index contributed by atoms with van der Waals surface area (Å²) in [6, 6.07) is 0. The van der Waals surface area contributed by atoms with Gasteiger partial charge in [0.2, 0.25) is 0 Å². The number of nitrogens with one attached hydrogen (secondary N) is 2. The fourth-order valence-corrected chi connectivity index (χ4v) is 1.42. The van der Waals surface area contributed by atoms with E-state index in [-0.39, 0.29) is 5.56 Å². The quantitative estimate of drug-likeness (QED) is 0.716. The van der Waals surface area contributed by atoms with Gasteiger partial charge in [0, 0.05) is 0 Å². The standard InChI is InChI=1S/C7H12BrN3O/c1-4(3-9)2-5-6(8)10-11-7(5)12/h4H,2-3,9H2,1H3,(H2,10,11,12). The zero-order valence-electron chi connectivity index (χ0n) is 6.86. The molecule has 0 amide bonds. The Balaban J connectivity index is 2.81. The van der Waals surface area contributed by atoms with Crippen molar-refractivity contribution in [3.8, 4) is 0 Å². The normalized spacial score (nSPS) is 13.2. The highest BCUT2D eigenvalue weighted by molar-refractivity contribution is 9.10. The Morgan fingerprint density at radius 1 is 1.58 bits per heavy atom. The summed E-state index contributed by atoms with van der Waals surface area (Å²) in [5.74, 6) is 0.332. The summed E-state index contributed by atoms with van der Waals surface area (Å²) in [5, 5.41) is 5.20. The molecule has 0 saturated carbocycles. The number of halogens is 1. The van der Waals surface area contributed by atoms with Crippen molar-refractivity contribution in [2.45, 2.75) is 13.3 Å². The average molecular weight is 234 g/mol. The highest BCUT2D eigenvalue weighted by atomic mass is 79.9. The van der Waals surface area contributed by atoms with Crippen LogP contribution < -0.4 is 11.3 Å². The molecule has 12 heavy (non-hydrogen) atoms. The Morgan fingerprint density at radius 2 is 2.25 bits per heavy atom. The lowest BCUT2D eigenvalue weighted by Gasteiger charge is -2.04. The van der Waals surface area contributed by atoms with E-state index in [1.54, 1.807) is 0 Å². The second kappa shape index (κ2) is 3.91. The van der Waals surface area contributed by atoms with E-state index in [9.17, 15) is 4.79 Å². The first-order valence-electron chi connectivity index (χ1n) is 3.80. The van der Waals surface area contributed by atoms with Gasteiger partial charge < -0.3 is 5.73 Å². The van der Waals surface area contributed by atoms with E-state index < -0.39 is 0 Å². The molecular formula is C7H12BrN3O. The lowest BCUT2D eigenvalue weighted by Crippen LogP contribution is -2.17. The maximum atomic E-state index is 11.1. The number of hydrogen-bond donors (Lipinski definition) is 3. The fraction of sp³-hybridized carbons (Fsp3) is 0.571. The zero-order chi connectivity index (χ0) is 9.14. The van der Waals surface area contributed by atoms with Gasteiger partial charge in [0.1, 0.15) is 4.60 Å². The molecule has 1 aromatic heterocycles. The summed E-state index contributed by atoms with van der Waals surface area (Å²) >= 11 is 3.25. The number of aromatic amines is 2. The van der Waals surface area contributed by atoms with Crippen LogP contribution in [0.15, 0.2) is 9.40 Å². The summed E-state index contributed by atoms with van der Waals surface area (Å²) in [4.78, 5) is 11.1. The maximum Gasteiger partial charge on any atom is 0.268 e. The van der Waals surface area contributed by atoms with E-state index >= 15 is 0 Å². The third kappa shape index (κ3) is 1.98. The molecule has 0 radical (unpaired) electrons. The van der Waals surface area contributed by atoms with Crippen LogP contribution in [0.4, 0.5) is 0 Å². The summed E-state index contributed by atoms with van der Waals surface area (Å²) in [5.41, 5.74) is 6.13. The molecule has 68 valence electrons. The van der Waals surface area contributed by atoms with Crippen molar-refractivity contribution in [1.82, 2.24) is 10.2 Å². The van der Waals surface area contributed by atoms with Crippen molar-refractivity contribution in [2.75, 3.05) is 6.54 Å². The van der Waals surface area contributed by atoms with Crippen LogP contribution in [0.25, 0.3) is 0 Å². The van der Waals surface area contributed by atoms with Crippen molar-refractivity contribution in [3.63, 3.8) is 0 Å². The van der Waals surface area contributed by atoms with Gasteiger partial charge in [-0.2, -0.15) is 0 Å². The highest BCUT2D eigenvalue weighted by Crippen LogP contribution is 2.12.